The Bertz CT molecular complexity index is 442. The van der Waals surface area contributed by atoms with Gasteiger partial charge in [-0.15, -0.1) is 0 Å². The van der Waals surface area contributed by atoms with E-state index in [-0.39, 0.29) is 23.6 Å². The topological polar surface area (TPSA) is 79.5 Å². The van der Waals surface area contributed by atoms with E-state index >= 15 is 0 Å². The van der Waals surface area contributed by atoms with Crippen LogP contribution in [0.15, 0.2) is 21.2 Å². The van der Waals surface area contributed by atoms with E-state index in [0.717, 1.165) is 0 Å². The van der Waals surface area contributed by atoms with Crippen LogP contribution in [0.3, 0.4) is 0 Å². The van der Waals surface area contributed by atoms with Crippen molar-refractivity contribution < 1.29 is 19.1 Å². The first-order valence-corrected chi connectivity index (χ1v) is 6.14. The third-order valence-corrected chi connectivity index (χ3v) is 3.56. The Labute approximate surface area is 106 Å². The van der Waals surface area contributed by atoms with Crippen LogP contribution in [0.4, 0.5) is 0 Å². The van der Waals surface area contributed by atoms with E-state index in [1.54, 1.807) is 6.07 Å². The number of halogens is 1. The molecular weight excluding hydrogens is 290 g/mol. The zero-order valence-electron chi connectivity index (χ0n) is 8.98. The van der Waals surface area contributed by atoms with Crippen molar-refractivity contribution in [1.82, 2.24) is 5.32 Å². The predicted octanol–water partition coefficient (Wildman–Crippen LogP) is 2.03. The van der Waals surface area contributed by atoms with Gasteiger partial charge < -0.3 is 14.8 Å². The summed E-state index contributed by atoms with van der Waals surface area (Å²) in [4.78, 5) is 22.6. The molecule has 1 aromatic rings. The van der Waals surface area contributed by atoms with E-state index in [0.29, 0.717) is 23.7 Å². The summed E-state index contributed by atoms with van der Waals surface area (Å²) in [6.45, 7) is 0. The van der Waals surface area contributed by atoms with Crippen LogP contribution >= 0.6 is 15.9 Å². The third kappa shape index (κ3) is 2.69. The summed E-state index contributed by atoms with van der Waals surface area (Å²) >= 11 is 3.20. The van der Waals surface area contributed by atoms with Crippen LogP contribution in [0.1, 0.15) is 29.8 Å². The Morgan fingerprint density at radius 3 is 2.76 bits per heavy atom. The molecule has 0 saturated heterocycles. The number of carboxylic acid groups (broad SMARTS) is 1. The summed E-state index contributed by atoms with van der Waals surface area (Å²) in [5.74, 6) is -1.22. The standard InChI is InChI=1S/C11H12BrNO4/c12-8-3-4-17-9(8)10(14)13-7-2-1-6(5-7)11(15)16/h3-4,6-7H,1-2,5H2,(H,13,14)(H,15,16)/t6-,7+/m0/s1. The molecule has 1 saturated carbocycles. The van der Waals surface area contributed by atoms with Crippen LogP contribution in [-0.2, 0) is 4.79 Å². The lowest BCUT2D eigenvalue weighted by Crippen LogP contribution is -2.33. The molecule has 0 radical (unpaired) electrons. The minimum Gasteiger partial charge on any atom is -0.481 e. The molecule has 2 atom stereocenters. The predicted molar refractivity (Wildman–Crippen MR) is 62.6 cm³/mol. The first-order chi connectivity index (χ1) is 8.08. The summed E-state index contributed by atoms with van der Waals surface area (Å²) in [5, 5.41) is 11.6. The molecule has 6 heteroatoms. The van der Waals surface area contributed by atoms with Crippen LogP contribution in [0.25, 0.3) is 0 Å². The van der Waals surface area contributed by atoms with Crippen molar-refractivity contribution in [3.63, 3.8) is 0 Å². The Morgan fingerprint density at radius 2 is 2.24 bits per heavy atom. The van der Waals surface area contributed by atoms with Gasteiger partial charge in [-0.25, -0.2) is 0 Å². The number of furan rings is 1. The smallest absolute Gasteiger partial charge is 0.306 e. The molecule has 1 amide bonds. The van der Waals surface area contributed by atoms with E-state index in [1.807, 2.05) is 0 Å². The van der Waals surface area contributed by atoms with E-state index < -0.39 is 5.97 Å². The highest BCUT2D eigenvalue weighted by Crippen LogP contribution is 2.26. The first-order valence-electron chi connectivity index (χ1n) is 5.34. The fourth-order valence-corrected chi connectivity index (χ4v) is 2.43. The van der Waals surface area contributed by atoms with Gasteiger partial charge in [0.25, 0.3) is 5.91 Å². The van der Waals surface area contributed by atoms with Crippen molar-refractivity contribution in [2.24, 2.45) is 5.92 Å². The molecule has 1 aromatic heterocycles. The number of hydrogen-bond acceptors (Lipinski definition) is 3. The molecule has 2 N–H and O–H groups in total. The van der Waals surface area contributed by atoms with Crippen molar-refractivity contribution in [2.45, 2.75) is 25.3 Å². The summed E-state index contributed by atoms with van der Waals surface area (Å²) in [6.07, 6.45) is 3.22. The summed E-state index contributed by atoms with van der Waals surface area (Å²) in [5.41, 5.74) is 0. The zero-order valence-corrected chi connectivity index (χ0v) is 10.6. The lowest BCUT2D eigenvalue weighted by Gasteiger charge is -2.11. The van der Waals surface area contributed by atoms with Crippen LogP contribution < -0.4 is 5.32 Å². The second-order valence-corrected chi connectivity index (χ2v) is 4.97. The van der Waals surface area contributed by atoms with Gasteiger partial charge in [0.2, 0.25) is 5.76 Å². The maximum Gasteiger partial charge on any atom is 0.306 e. The van der Waals surface area contributed by atoms with E-state index in [2.05, 4.69) is 21.2 Å². The molecule has 92 valence electrons. The van der Waals surface area contributed by atoms with Crippen molar-refractivity contribution in [3.05, 3.63) is 22.6 Å². The molecule has 17 heavy (non-hydrogen) atoms. The normalized spacial score (nSPS) is 23.6. The van der Waals surface area contributed by atoms with Gasteiger partial charge in [-0.2, -0.15) is 0 Å². The lowest BCUT2D eigenvalue weighted by molar-refractivity contribution is -0.141. The van der Waals surface area contributed by atoms with Gasteiger partial charge in [0.1, 0.15) is 0 Å². The number of carbonyl (C=O) groups is 2. The molecule has 0 aliphatic heterocycles. The van der Waals surface area contributed by atoms with Gasteiger partial charge >= 0.3 is 5.97 Å². The Balaban J connectivity index is 1.93. The first kappa shape index (κ1) is 12.2. The SMILES string of the molecule is O=C(N[C@@H]1CC[C@H](C(=O)O)C1)c1occc1Br. The zero-order chi connectivity index (χ0) is 12.4. The number of amides is 1. The van der Waals surface area contributed by atoms with E-state index in [1.165, 1.54) is 6.26 Å². The van der Waals surface area contributed by atoms with Gasteiger partial charge in [0, 0.05) is 6.04 Å². The highest BCUT2D eigenvalue weighted by molar-refractivity contribution is 9.10. The number of hydrogen-bond donors (Lipinski definition) is 2. The number of carbonyl (C=O) groups excluding carboxylic acids is 1. The average Bonchev–Trinajstić information content (AvgIpc) is 2.86. The van der Waals surface area contributed by atoms with Gasteiger partial charge in [-0.1, -0.05) is 0 Å². The molecule has 0 bridgehead atoms. The Morgan fingerprint density at radius 1 is 1.47 bits per heavy atom. The maximum absolute atomic E-state index is 11.8. The van der Waals surface area contributed by atoms with Crippen LogP contribution in [0.5, 0.6) is 0 Å². The monoisotopic (exact) mass is 301 g/mol. The number of nitrogens with one attached hydrogen (secondary N) is 1. The molecule has 1 heterocycles. The van der Waals surface area contributed by atoms with E-state index in [4.69, 9.17) is 9.52 Å². The van der Waals surface area contributed by atoms with Crippen molar-refractivity contribution in [3.8, 4) is 0 Å². The minimum atomic E-state index is -0.791. The largest absolute Gasteiger partial charge is 0.481 e. The quantitative estimate of drug-likeness (QED) is 0.895. The molecule has 2 rings (SSSR count). The molecule has 1 fully saturated rings. The molecule has 5 nitrogen and oxygen atoms in total. The fourth-order valence-electron chi connectivity index (χ4n) is 2.04. The van der Waals surface area contributed by atoms with Crippen molar-refractivity contribution in [2.75, 3.05) is 0 Å². The molecular formula is C11H12BrNO4. The second kappa shape index (κ2) is 4.91. The highest BCUT2D eigenvalue weighted by Gasteiger charge is 2.31. The van der Waals surface area contributed by atoms with E-state index in [9.17, 15) is 9.59 Å². The summed E-state index contributed by atoms with van der Waals surface area (Å²) < 4.78 is 5.64. The average molecular weight is 302 g/mol. The van der Waals surface area contributed by atoms with Crippen LogP contribution in [0, 0.1) is 5.92 Å². The highest BCUT2D eigenvalue weighted by atomic mass is 79.9. The summed E-state index contributed by atoms with van der Waals surface area (Å²) in [6, 6.07) is 1.56. The fraction of sp³-hybridized carbons (Fsp3) is 0.455. The van der Waals surface area contributed by atoms with Crippen molar-refractivity contribution >= 4 is 27.8 Å². The van der Waals surface area contributed by atoms with Crippen LogP contribution in [-0.4, -0.2) is 23.0 Å². The molecule has 0 spiro atoms. The molecule has 0 unspecified atom stereocenters. The number of rotatable bonds is 3. The number of carboxylic acids is 1. The van der Waals surface area contributed by atoms with Crippen LogP contribution in [0.2, 0.25) is 0 Å². The summed E-state index contributed by atoms with van der Waals surface area (Å²) in [7, 11) is 0. The Hall–Kier alpha value is -1.30. The second-order valence-electron chi connectivity index (χ2n) is 4.12. The van der Waals surface area contributed by atoms with Crippen molar-refractivity contribution in [1.29, 1.82) is 0 Å². The third-order valence-electron chi connectivity index (χ3n) is 2.94. The lowest BCUT2D eigenvalue weighted by atomic mass is 10.1. The maximum atomic E-state index is 11.8. The molecule has 0 aromatic carbocycles. The minimum absolute atomic E-state index is 0.0828. The number of aliphatic carboxylic acids is 1. The molecule has 1 aliphatic carbocycles. The van der Waals surface area contributed by atoms with Gasteiger partial charge in [0.15, 0.2) is 0 Å². The molecule has 1 aliphatic rings. The van der Waals surface area contributed by atoms with Gasteiger partial charge in [0.05, 0.1) is 16.7 Å². The Kier molecular flexibility index (Phi) is 3.51. The van der Waals surface area contributed by atoms with Gasteiger partial charge in [-0.3, -0.25) is 9.59 Å². The van der Waals surface area contributed by atoms with Gasteiger partial charge in [-0.05, 0) is 41.3 Å².